The van der Waals surface area contributed by atoms with E-state index in [2.05, 4.69) is 13.8 Å². The first kappa shape index (κ1) is 30.4. The van der Waals surface area contributed by atoms with Crippen LogP contribution in [0.15, 0.2) is 0 Å². The smallest absolute Gasteiger partial charge is 0.306 e. The Kier molecular flexibility index (Phi) is 23.6. The number of ether oxygens (including phenoxy) is 1. The standard InChI is InChI=1S/C27H54O4/c1-3-5-7-9-11-16-20-26(21-17-12-10-8-6-4-2)31-27(30)22-18-14-13-15-19-25(23-28)24-29/h25-26,28-29H,3-24H2,1-2H3. The summed E-state index contributed by atoms with van der Waals surface area (Å²) >= 11 is 0. The van der Waals surface area contributed by atoms with Crippen LogP contribution in [0.5, 0.6) is 0 Å². The third kappa shape index (κ3) is 21.0. The zero-order chi connectivity index (χ0) is 23.0. The molecule has 0 aromatic heterocycles. The van der Waals surface area contributed by atoms with E-state index in [1.165, 1.54) is 77.0 Å². The van der Waals surface area contributed by atoms with E-state index in [1.807, 2.05) is 0 Å². The molecule has 0 aliphatic heterocycles. The highest BCUT2D eigenvalue weighted by molar-refractivity contribution is 5.69. The van der Waals surface area contributed by atoms with Crippen LogP contribution in [0, 0.1) is 5.92 Å². The molecule has 0 aliphatic carbocycles. The van der Waals surface area contributed by atoms with Crippen LogP contribution >= 0.6 is 0 Å². The third-order valence-corrected chi connectivity index (χ3v) is 6.32. The van der Waals surface area contributed by atoms with Crippen LogP contribution in [0.1, 0.15) is 142 Å². The molecule has 0 aromatic carbocycles. The molecule has 0 radical (unpaired) electrons. The van der Waals surface area contributed by atoms with Crippen LogP contribution in [-0.4, -0.2) is 35.5 Å². The van der Waals surface area contributed by atoms with Gasteiger partial charge in [0, 0.05) is 25.6 Å². The van der Waals surface area contributed by atoms with Gasteiger partial charge in [-0.25, -0.2) is 0 Å². The molecule has 31 heavy (non-hydrogen) atoms. The molecule has 186 valence electrons. The van der Waals surface area contributed by atoms with Crippen molar-refractivity contribution in [2.24, 2.45) is 5.92 Å². The van der Waals surface area contributed by atoms with Crippen molar-refractivity contribution in [1.82, 2.24) is 0 Å². The summed E-state index contributed by atoms with van der Waals surface area (Å²) < 4.78 is 5.88. The number of esters is 1. The Morgan fingerprint density at radius 1 is 0.613 bits per heavy atom. The van der Waals surface area contributed by atoms with Gasteiger partial charge in [0.1, 0.15) is 6.10 Å². The molecule has 0 spiro atoms. The largest absolute Gasteiger partial charge is 0.462 e. The van der Waals surface area contributed by atoms with E-state index in [1.54, 1.807) is 0 Å². The second-order valence-corrected chi connectivity index (χ2v) is 9.41. The summed E-state index contributed by atoms with van der Waals surface area (Å²) in [4.78, 5) is 12.3. The molecule has 0 atom stereocenters. The van der Waals surface area contributed by atoms with Gasteiger partial charge in [-0.05, 0) is 38.5 Å². The van der Waals surface area contributed by atoms with Gasteiger partial charge in [-0.3, -0.25) is 4.79 Å². The van der Waals surface area contributed by atoms with Crippen molar-refractivity contribution in [3.05, 3.63) is 0 Å². The fourth-order valence-electron chi connectivity index (χ4n) is 4.11. The van der Waals surface area contributed by atoms with Crippen molar-refractivity contribution in [3.8, 4) is 0 Å². The predicted octanol–water partition coefficient (Wildman–Crippen LogP) is 7.34. The van der Waals surface area contributed by atoms with Crippen molar-refractivity contribution < 1.29 is 19.7 Å². The highest BCUT2D eigenvalue weighted by atomic mass is 16.5. The summed E-state index contributed by atoms with van der Waals surface area (Å²) in [6.07, 6.45) is 22.8. The maximum Gasteiger partial charge on any atom is 0.306 e. The molecule has 0 saturated heterocycles. The van der Waals surface area contributed by atoms with E-state index in [4.69, 9.17) is 14.9 Å². The first-order valence-corrected chi connectivity index (χ1v) is 13.6. The minimum absolute atomic E-state index is 0.00895. The van der Waals surface area contributed by atoms with Crippen molar-refractivity contribution in [1.29, 1.82) is 0 Å². The highest BCUT2D eigenvalue weighted by Crippen LogP contribution is 2.18. The topological polar surface area (TPSA) is 66.8 Å². The van der Waals surface area contributed by atoms with Gasteiger partial charge in [0.05, 0.1) is 0 Å². The summed E-state index contributed by atoms with van der Waals surface area (Å²) in [6, 6.07) is 0. The predicted molar refractivity (Wildman–Crippen MR) is 131 cm³/mol. The number of carbonyl (C=O) groups is 1. The summed E-state index contributed by atoms with van der Waals surface area (Å²) in [6.45, 7) is 4.61. The Morgan fingerprint density at radius 3 is 1.52 bits per heavy atom. The zero-order valence-corrected chi connectivity index (χ0v) is 20.9. The molecule has 2 N–H and O–H groups in total. The quantitative estimate of drug-likeness (QED) is 0.121. The van der Waals surface area contributed by atoms with E-state index >= 15 is 0 Å². The molecule has 4 heteroatoms. The maximum absolute atomic E-state index is 12.3. The van der Waals surface area contributed by atoms with Crippen molar-refractivity contribution in [2.75, 3.05) is 13.2 Å². The summed E-state index contributed by atoms with van der Waals surface area (Å²) in [7, 11) is 0. The summed E-state index contributed by atoms with van der Waals surface area (Å²) in [5, 5.41) is 18.2. The van der Waals surface area contributed by atoms with Crippen LogP contribution in [0.25, 0.3) is 0 Å². The molecular weight excluding hydrogens is 388 g/mol. The molecule has 0 unspecified atom stereocenters. The average molecular weight is 443 g/mol. The van der Waals surface area contributed by atoms with Gasteiger partial charge in [-0.15, -0.1) is 0 Å². The van der Waals surface area contributed by atoms with Crippen molar-refractivity contribution >= 4 is 5.97 Å². The Balaban J connectivity index is 4.04. The molecule has 0 saturated carbocycles. The van der Waals surface area contributed by atoms with Gasteiger partial charge >= 0.3 is 5.97 Å². The van der Waals surface area contributed by atoms with Gasteiger partial charge in [0.25, 0.3) is 0 Å². The SMILES string of the molecule is CCCCCCCCC(CCCCCCCC)OC(=O)CCCCCCC(CO)CO. The highest BCUT2D eigenvalue weighted by Gasteiger charge is 2.14. The number of aliphatic hydroxyl groups excluding tert-OH is 2. The Bertz CT molecular complexity index is 352. The lowest BCUT2D eigenvalue weighted by Gasteiger charge is -2.18. The average Bonchev–Trinajstić information content (AvgIpc) is 2.77. The van der Waals surface area contributed by atoms with Gasteiger partial charge in [-0.1, -0.05) is 97.3 Å². The van der Waals surface area contributed by atoms with Gasteiger partial charge in [0.15, 0.2) is 0 Å². The number of carbonyl (C=O) groups excluding carboxylic acids is 1. The summed E-state index contributed by atoms with van der Waals surface area (Å²) in [5.74, 6) is -0.0137. The lowest BCUT2D eigenvalue weighted by Crippen LogP contribution is -2.18. The molecule has 0 aromatic rings. The van der Waals surface area contributed by atoms with Gasteiger partial charge in [-0.2, -0.15) is 0 Å². The number of aliphatic hydroxyl groups is 2. The number of rotatable bonds is 24. The fourth-order valence-corrected chi connectivity index (χ4v) is 4.11. The molecule has 0 heterocycles. The van der Waals surface area contributed by atoms with Crippen LogP contribution in [0.3, 0.4) is 0 Å². The third-order valence-electron chi connectivity index (χ3n) is 6.32. The zero-order valence-electron chi connectivity index (χ0n) is 20.9. The lowest BCUT2D eigenvalue weighted by molar-refractivity contribution is -0.150. The van der Waals surface area contributed by atoms with Gasteiger partial charge < -0.3 is 14.9 Å². The van der Waals surface area contributed by atoms with Crippen LogP contribution < -0.4 is 0 Å². The molecule has 4 nitrogen and oxygen atoms in total. The van der Waals surface area contributed by atoms with E-state index < -0.39 is 0 Å². The second-order valence-electron chi connectivity index (χ2n) is 9.41. The molecule has 0 bridgehead atoms. The minimum Gasteiger partial charge on any atom is -0.462 e. The monoisotopic (exact) mass is 442 g/mol. The van der Waals surface area contributed by atoms with Crippen LogP contribution in [0.4, 0.5) is 0 Å². The molecule has 0 aliphatic rings. The van der Waals surface area contributed by atoms with Crippen LogP contribution in [-0.2, 0) is 9.53 Å². The molecule has 0 fully saturated rings. The van der Waals surface area contributed by atoms with Crippen LogP contribution in [0.2, 0.25) is 0 Å². The van der Waals surface area contributed by atoms with Gasteiger partial charge in [0.2, 0.25) is 0 Å². The maximum atomic E-state index is 12.3. The van der Waals surface area contributed by atoms with E-state index in [0.717, 1.165) is 44.9 Å². The number of hydrogen-bond acceptors (Lipinski definition) is 4. The van der Waals surface area contributed by atoms with E-state index in [0.29, 0.717) is 6.42 Å². The first-order valence-electron chi connectivity index (χ1n) is 13.6. The molecule has 0 rings (SSSR count). The van der Waals surface area contributed by atoms with Crippen molar-refractivity contribution in [3.63, 3.8) is 0 Å². The minimum atomic E-state index is -0.0226. The second kappa shape index (κ2) is 24.0. The Hall–Kier alpha value is -0.610. The number of unbranched alkanes of at least 4 members (excludes halogenated alkanes) is 13. The van der Waals surface area contributed by atoms with E-state index in [9.17, 15) is 4.79 Å². The fraction of sp³-hybridized carbons (Fsp3) is 0.963. The lowest BCUT2D eigenvalue weighted by atomic mass is 10.0. The Labute approximate surface area is 193 Å². The van der Waals surface area contributed by atoms with Crippen molar-refractivity contribution in [2.45, 2.75) is 148 Å². The number of hydrogen-bond donors (Lipinski definition) is 2. The normalized spacial score (nSPS) is 11.5. The first-order chi connectivity index (χ1) is 15.2. The Morgan fingerprint density at radius 2 is 1.03 bits per heavy atom. The summed E-state index contributed by atoms with van der Waals surface area (Å²) in [5.41, 5.74) is 0. The molecule has 0 amide bonds. The molecular formula is C27H54O4. The van der Waals surface area contributed by atoms with E-state index in [-0.39, 0.29) is 31.2 Å².